The Morgan fingerprint density at radius 3 is 1.46 bits per heavy atom. The Hall–Kier alpha value is -2.22. The van der Waals surface area contributed by atoms with E-state index in [2.05, 4.69) is 76.2 Å². The Morgan fingerprint density at radius 2 is 1.04 bits per heavy atom. The minimum absolute atomic E-state index is 0.124. The van der Waals surface area contributed by atoms with Crippen LogP contribution in [0.5, 0.6) is 0 Å². The van der Waals surface area contributed by atoms with Gasteiger partial charge in [0.2, 0.25) is 0 Å². The van der Waals surface area contributed by atoms with Gasteiger partial charge in [0.05, 0.1) is 11.4 Å². The Kier molecular flexibility index (Phi) is 2.50. The molecule has 0 amide bonds. The number of hydrogen-bond donors (Lipinski definition) is 0. The molecule has 0 bridgehead atoms. The average Bonchev–Trinajstić information content (AvgIpc) is 3.09. The van der Waals surface area contributed by atoms with E-state index >= 15 is 0 Å². The van der Waals surface area contributed by atoms with Crippen LogP contribution in [-0.4, -0.2) is 11.4 Å². The zero-order valence-electron chi connectivity index (χ0n) is 14.7. The molecule has 4 atom stereocenters. The fourth-order valence-corrected chi connectivity index (χ4v) is 5.39. The average molecular weight is 314 g/mol. The van der Waals surface area contributed by atoms with Gasteiger partial charge in [0.25, 0.3) is 0 Å². The van der Waals surface area contributed by atoms with Crippen LogP contribution >= 0.6 is 0 Å². The lowest BCUT2D eigenvalue weighted by Crippen LogP contribution is -2.61. The summed E-state index contributed by atoms with van der Waals surface area (Å²) >= 11 is 0. The van der Waals surface area contributed by atoms with E-state index in [1.807, 2.05) is 0 Å². The van der Waals surface area contributed by atoms with Gasteiger partial charge in [-0.3, -0.25) is 9.98 Å². The molecule has 3 aliphatic rings. The van der Waals surface area contributed by atoms with Gasteiger partial charge in [-0.1, -0.05) is 50.2 Å². The third kappa shape index (κ3) is 1.32. The van der Waals surface area contributed by atoms with E-state index in [1.54, 1.807) is 0 Å². The molecule has 120 valence electrons. The lowest BCUT2D eigenvalue weighted by atomic mass is 9.48. The smallest absolute Gasteiger partial charge is 0.0671 e. The second-order valence-electron chi connectivity index (χ2n) is 7.86. The molecule has 2 aromatic rings. The predicted octanol–water partition coefficient (Wildman–Crippen LogP) is 5.36. The van der Waals surface area contributed by atoms with Crippen LogP contribution in [0.4, 0.5) is 11.4 Å². The fraction of sp³-hybridized carbons (Fsp3) is 0.364. The Labute approximate surface area is 143 Å². The normalized spacial score (nSPS) is 35.5. The van der Waals surface area contributed by atoms with Gasteiger partial charge >= 0.3 is 0 Å². The number of fused-ring (bicyclic) bond motifs is 7. The summed E-state index contributed by atoms with van der Waals surface area (Å²) in [5.41, 5.74) is 7.39. The first-order valence-corrected chi connectivity index (χ1v) is 8.86. The Bertz CT molecular complexity index is 861. The fourth-order valence-electron chi connectivity index (χ4n) is 5.39. The van der Waals surface area contributed by atoms with Crippen molar-refractivity contribution in [2.45, 2.75) is 38.5 Å². The summed E-state index contributed by atoms with van der Waals surface area (Å²) < 4.78 is 0. The first-order chi connectivity index (χ1) is 11.5. The van der Waals surface area contributed by atoms with Crippen LogP contribution in [-0.2, 0) is 10.8 Å². The topological polar surface area (TPSA) is 24.7 Å². The van der Waals surface area contributed by atoms with Crippen molar-refractivity contribution in [1.82, 2.24) is 0 Å². The third-order valence-corrected chi connectivity index (χ3v) is 7.00. The van der Waals surface area contributed by atoms with Gasteiger partial charge in [-0.2, -0.15) is 0 Å². The molecule has 5 rings (SSSR count). The second-order valence-corrected chi connectivity index (χ2v) is 7.86. The zero-order valence-corrected chi connectivity index (χ0v) is 14.7. The number of rotatable bonds is 0. The summed E-state index contributed by atoms with van der Waals surface area (Å²) in [7, 11) is 0. The van der Waals surface area contributed by atoms with Crippen molar-refractivity contribution in [1.29, 1.82) is 0 Å². The standard InChI is InChI=1S/C22H22N2/c1-13-14(2)20-22(4,16-10-6-8-12-18(16)24-20)21(3)15-9-5-7-11-17(15)23-19(13)21/h5-14H,1-4H3. The van der Waals surface area contributed by atoms with Gasteiger partial charge in [0.15, 0.2) is 0 Å². The van der Waals surface area contributed by atoms with Gasteiger partial charge in [0.1, 0.15) is 0 Å². The first-order valence-electron chi connectivity index (χ1n) is 8.86. The van der Waals surface area contributed by atoms with Crippen molar-refractivity contribution in [3.05, 3.63) is 59.7 Å². The number of aliphatic imine (C=N–C) groups is 2. The van der Waals surface area contributed by atoms with E-state index in [0.29, 0.717) is 11.8 Å². The largest absolute Gasteiger partial charge is 0.256 e. The van der Waals surface area contributed by atoms with Gasteiger partial charge in [0, 0.05) is 34.1 Å². The molecule has 1 aliphatic carbocycles. The highest BCUT2D eigenvalue weighted by molar-refractivity contribution is 6.19. The molecule has 2 heterocycles. The molecule has 0 spiro atoms. The molecule has 1 saturated carbocycles. The van der Waals surface area contributed by atoms with E-state index in [9.17, 15) is 0 Å². The molecule has 2 nitrogen and oxygen atoms in total. The molecule has 1 fully saturated rings. The molecule has 0 aromatic heterocycles. The summed E-state index contributed by atoms with van der Waals surface area (Å²) in [6.45, 7) is 9.41. The van der Waals surface area contributed by atoms with Crippen LogP contribution in [0.15, 0.2) is 58.5 Å². The second kappa shape index (κ2) is 4.24. The summed E-state index contributed by atoms with van der Waals surface area (Å²) in [4.78, 5) is 10.2. The van der Waals surface area contributed by atoms with Crippen LogP contribution in [0, 0.1) is 11.8 Å². The minimum Gasteiger partial charge on any atom is -0.256 e. The van der Waals surface area contributed by atoms with Crippen LogP contribution < -0.4 is 0 Å². The van der Waals surface area contributed by atoms with Crippen molar-refractivity contribution < 1.29 is 0 Å². The number of hydrogen-bond acceptors (Lipinski definition) is 2. The Morgan fingerprint density at radius 1 is 0.667 bits per heavy atom. The maximum absolute atomic E-state index is 5.12. The van der Waals surface area contributed by atoms with Crippen LogP contribution in [0.25, 0.3) is 0 Å². The van der Waals surface area contributed by atoms with Crippen molar-refractivity contribution in [3.8, 4) is 0 Å². The van der Waals surface area contributed by atoms with Gasteiger partial charge in [-0.05, 0) is 37.1 Å². The summed E-state index contributed by atoms with van der Waals surface area (Å²) in [6.07, 6.45) is 0. The summed E-state index contributed by atoms with van der Waals surface area (Å²) in [5, 5.41) is 0. The van der Waals surface area contributed by atoms with Crippen LogP contribution in [0.1, 0.15) is 38.8 Å². The van der Waals surface area contributed by atoms with Gasteiger partial charge < -0.3 is 0 Å². The zero-order chi connectivity index (χ0) is 16.7. The molecule has 2 aliphatic heterocycles. The molecule has 0 radical (unpaired) electrons. The maximum atomic E-state index is 5.12. The van der Waals surface area contributed by atoms with Crippen LogP contribution in [0.3, 0.4) is 0 Å². The van der Waals surface area contributed by atoms with Gasteiger partial charge in [-0.15, -0.1) is 0 Å². The van der Waals surface area contributed by atoms with E-state index in [-0.39, 0.29) is 10.8 Å². The first kappa shape index (κ1) is 14.2. The highest BCUT2D eigenvalue weighted by Gasteiger charge is 2.64. The van der Waals surface area contributed by atoms with Crippen molar-refractivity contribution in [2.24, 2.45) is 21.8 Å². The maximum Gasteiger partial charge on any atom is 0.0671 e. The summed E-state index contributed by atoms with van der Waals surface area (Å²) in [5.74, 6) is 0.812. The lowest BCUT2D eigenvalue weighted by molar-refractivity contribution is 0.378. The number of para-hydroxylation sites is 2. The quantitative estimate of drug-likeness (QED) is 0.625. The molecule has 2 aromatic carbocycles. The van der Waals surface area contributed by atoms with Crippen molar-refractivity contribution in [3.63, 3.8) is 0 Å². The van der Waals surface area contributed by atoms with E-state index in [0.717, 1.165) is 11.4 Å². The molecule has 0 saturated heterocycles. The number of nitrogens with zero attached hydrogens (tertiary/aromatic N) is 2. The monoisotopic (exact) mass is 314 g/mol. The molecule has 24 heavy (non-hydrogen) atoms. The Balaban J connectivity index is 1.89. The molecular weight excluding hydrogens is 292 g/mol. The molecule has 0 N–H and O–H groups in total. The predicted molar refractivity (Wildman–Crippen MR) is 100 cm³/mol. The van der Waals surface area contributed by atoms with Crippen LogP contribution in [0.2, 0.25) is 0 Å². The lowest BCUT2D eigenvalue weighted by Gasteiger charge is -2.52. The van der Waals surface area contributed by atoms with E-state index in [1.165, 1.54) is 22.6 Å². The number of benzene rings is 2. The highest BCUT2D eigenvalue weighted by atomic mass is 14.9. The highest BCUT2D eigenvalue weighted by Crippen LogP contribution is 2.62. The van der Waals surface area contributed by atoms with Gasteiger partial charge in [-0.25, -0.2) is 0 Å². The summed E-state index contributed by atoms with van der Waals surface area (Å²) in [6, 6.07) is 17.3. The van der Waals surface area contributed by atoms with E-state index < -0.39 is 0 Å². The molecule has 4 unspecified atom stereocenters. The minimum atomic E-state index is -0.124. The molecule has 2 heteroatoms. The van der Waals surface area contributed by atoms with E-state index in [4.69, 9.17) is 9.98 Å². The molecular formula is C22H22N2. The van der Waals surface area contributed by atoms with Crippen molar-refractivity contribution in [2.75, 3.05) is 0 Å². The third-order valence-electron chi connectivity index (χ3n) is 7.00. The van der Waals surface area contributed by atoms with Crippen molar-refractivity contribution >= 4 is 22.8 Å². The SMILES string of the molecule is CC1C2=Nc3ccccc3C2(C)C2(C)C(=Nc3ccccc32)C1C.